The summed E-state index contributed by atoms with van der Waals surface area (Å²) in [4.78, 5) is 11.2. The van der Waals surface area contributed by atoms with Gasteiger partial charge in [-0.2, -0.15) is 0 Å². The molecule has 5 nitrogen and oxygen atoms in total. The molecule has 1 atom stereocenters. The van der Waals surface area contributed by atoms with E-state index in [-0.39, 0.29) is 4.90 Å². The van der Waals surface area contributed by atoms with Crippen LogP contribution in [0.5, 0.6) is 0 Å². The molecule has 128 valence electrons. The van der Waals surface area contributed by atoms with Gasteiger partial charge >= 0.3 is 0 Å². The molecule has 2 aromatic carbocycles. The zero-order valence-corrected chi connectivity index (χ0v) is 14.7. The second-order valence-electron chi connectivity index (χ2n) is 5.89. The molecular weight excluding hydrogens is 326 g/mol. The van der Waals surface area contributed by atoms with Gasteiger partial charge in [0.15, 0.2) is 0 Å². The molecule has 6 heteroatoms. The van der Waals surface area contributed by atoms with Crippen molar-refractivity contribution in [2.24, 2.45) is 0 Å². The minimum absolute atomic E-state index is 0.187. The third-order valence-electron chi connectivity index (χ3n) is 3.74. The highest BCUT2D eigenvalue weighted by atomic mass is 32.2. The Kier molecular flexibility index (Phi) is 5.41. The molecule has 0 amide bonds. The highest BCUT2D eigenvalue weighted by molar-refractivity contribution is 7.89. The minimum atomic E-state index is -3.87. The van der Waals surface area contributed by atoms with Gasteiger partial charge in [-0.05, 0) is 37.5 Å². The van der Waals surface area contributed by atoms with Crippen LogP contribution in [-0.4, -0.2) is 14.4 Å². The van der Waals surface area contributed by atoms with Crippen LogP contribution < -0.4 is 9.83 Å². The first-order valence-corrected chi connectivity index (χ1v) is 9.04. The number of benzene rings is 2. The van der Waals surface area contributed by atoms with Gasteiger partial charge in [0.25, 0.3) is 0 Å². The Hall–Kier alpha value is -2.18. The van der Waals surface area contributed by atoms with Gasteiger partial charge in [0, 0.05) is 12.4 Å². The molecule has 0 saturated carbocycles. The molecule has 0 fully saturated rings. The van der Waals surface area contributed by atoms with Crippen molar-refractivity contribution in [2.45, 2.75) is 38.1 Å². The largest absolute Gasteiger partial charge is 0.550 e. The van der Waals surface area contributed by atoms with E-state index in [9.17, 15) is 18.3 Å². The summed E-state index contributed by atoms with van der Waals surface area (Å²) < 4.78 is 28.2. The number of rotatable bonds is 6. The number of hydrogen-bond donors (Lipinski definition) is 1. The van der Waals surface area contributed by atoms with Crippen molar-refractivity contribution in [3.8, 4) is 0 Å². The number of carbonyl (C=O) groups excluding carboxylic acids is 1. The van der Waals surface area contributed by atoms with Gasteiger partial charge in [-0.1, -0.05) is 48.0 Å². The second kappa shape index (κ2) is 7.15. The van der Waals surface area contributed by atoms with E-state index >= 15 is 0 Å². The first-order valence-electron chi connectivity index (χ1n) is 7.55. The van der Waals surface area contributed by atoms with Gasteiger partial charge < -0.3 is 9.90 Å². The normalized spacial score (nSPS) is 12.8. The predicted octanol–water partition coefficient (Wildman–Crippen LogP) is 1.77. The Balaban J connectivity index is 2.43. The molecule has 0 bridgehead atoms. The van der Waals surface area contributed by atoms with Crippen molar-refractivity contribution in [3.05, 3.63) is 64.7 Å². The van der Waals surface area contributed by atoms with E-state index in [1.54, 1.807) is 56.3 Å². The van der Waals surface area contributed by atoms with Crippen LogP contribution in [0.15, 0.2) is 47.4 Å². The van der Waals surface area contributed by atoms with Crippen LogP contribution in [0.25, 0.3) is 0 Å². The molecular formula is C18H20NO4S-. The molecule has 2 rings (SSSR count). The Bertz CT molecular complexity index is 822. The van der Waals surface area contributed by atoms with Gasteiger partial charge in [-0.25, -0.2) is 13.1 Å². The van der Waals surface area contributed by atoms with Crippen LogP contribution in [0.4, 0.5) is 0 Å². The first kappa shape index (κ1) is 18.2. The van der Waals surface area contributed by atoms with Crippen molar-refractivity contribution in [3.63, 3.8) is 0 Å². The average molecular weight is 346 g/mol. The van der Waals surface area contributed by atoms with Gasteiger partial charge in [0.1, 0.15) is 0 Å². The maximum atomic E-state index is 12.8. The fraction of sp³-hybridized carbons (Fsp3) is 0.278. The van der Waals surface area contributed by atoms with Crippen molar-refractivity contribution >= 4 is 16.0 Å². The summed E-state index contributed by atoms with van der Waals surface area (Å²) in [5.41, 5.74) is 2.80. The number of aryl methyl sites for hydroxylation is 3. The smallest absolute Gasteiger partial charge is 0.241 e. The number of carboxylic acid groups (broad SMARTS) is 1. The van der Waals surface area contributed by atoms with Crippen molar-refractivity contribution < 1.29 is 18.3 Å². The quantitative estimate of drug-likeness (QED) is 0.864. The van der Waals surface area contributed by atoms with Crippen molar-refractivity contribution in [2.75, 3.05) is 0 Å². The lowest BCUT2D eigenvalue weighted by atomic mass is 10.1. The fourth-order valence-corrected chi connectivity index (χ4v) is 4.59. The van der Waals surface area contributed by atoms with Gasteiger partial charge in [-0.3, -0.25) is 0 Å². The van der Waals surface area contributed by atoms with E-state index in [0.717, 1.165) is 5.56 Å². The van der Waals surface area contributed by atoms with Crippen LogP contribution in [-0.2, 0) is 14.8 Å². The van der Waals surface area contributed by atoms with E-state index in [1.807, 2.05) is 6.92 Å². The molecule has 1 unspecified atom stereocenters. The molecule has 24 heavy (non-hydrogen) atoms. The third-order valence-corrected chi connectivity index (χ3v) is 5.52. The maximum absolute atomic E-state index is 12.8. The molecule has 0 saturated heterocycles. The summed E-state index contributed by atoms with van der Waals surface area (Å²) in [6.07, 6.45) is -0.437. The first-order chi connectivity index (χ1) is 11.2. The summed E-state index contributed by atoms with van der Waals surface area (Å²) in [6, 6.07) is 11.3. The molecule has 0 radical (unpaired) electrons. The third kappa shape index (κ3) is 4.21. The Morgan fingerprint density at radius 3 is 2.12 bits per heavy atom. The molecule has 0 spiro atoms. The van der Waals surface area contributed by atoms with E-state index in [2.05, 4.69) is 4.72 Å². The number of sulfonamides is 1. The summed E-state index contributed by atoms with van der Waals surface area (Å²) >= 11 is 0. The molecule has 0 heterocycles. The fourth-order valence-electron chi connectivity index (χ4n) is 2.92. The van der Waals surface area contributed by atoms with Gasteiger partial charge in [0.05, 0.1) is 10.9 Å². The molecule has 0 aliphatic heterocycles. The van der Waals surface area contributed by atoms with Crippen molar-refractivity contribution in [1.82, 2.24) is 4.72 Å². The zero-order valence-electron chi connectivity index (χ0n) is 13.9. The monoisotopic (exact) mass is 346 g/mol. The minimum Gasteiger partial charge on any atom is -0.550 e. The standard InChI is InChI=1S/C18H21NO4S/c1-12-9-13(2)18(14(3)10-12)24(22,23)19-16(11-17(20)21)15-7-5-4-6-8-15/h4-10,16,19H,11H2,1-3H3,(H,20,21)/p-1. The maximum Gasteiger partial charge on any atom is 0.241 e. The summed E-state index contributed by atoms with van der Waals surface area (Å²) in [6.45, 7) is 5.35. The van der Waals surface area contributed by atoms with Gasteiger partial charge in [-0.15, -0.1) is 0 Å². The SMILES string of the molecule is Cc1cc(C)c(S(=O)(=O)NC(CC(=O)[O-])c2ccccc2)c(C)c1. The van der Waals surface area contributed by atoms with Crippen LogP contribution >= 0.6 is 0 Å². The lowest BCUT2D eigenvalue weighted by molar-refractivity contribution is -0.306. The van der Waals surface area contributed by atoms with Crippen LogP contribution in [0.3, 0.4) is 0 Å². The summed E-state index contributed by atoms with van der Waals surface area (Å²) in [7, 11) is -3.87. The predicted molar refractivity (Wildman–Crippen MR) is 89.8 cm³/mol. The average Bonchev–Trinajstić information content (AvgIpc) is 2.45. The lowest BCUT2D eigenvalue weighted by Gasteiger charge is -2.21. The van der Waals surface area contributed by atoms with E-state index in [0.29, 0.717) is 16.7 Å². The van der Waals surface area contributed by atoms with E-state index in [4.69, 9.17) is 0 Å². The zero-order chi connectivity index (χ0) is 17.9. The van der Waals surface area contributed by atoms with Crippen LogP contribution in [0.1, 0.15) is 34.7 Å². The molecule has 0 aliphatic rings. The summed E-state index contributed by atoms with van der Waals surface area (Å²) in [5, 5.41) is 11.0. The molecule has 1 N–H and O–H groups in total. The van der Waals surface area contributed by atoms with E-state index < -0.39 is 28.5 Å². The number of hydrogen-bond acceptors (Lipinski definition) is 4. The molecule has 0 aliphatic carbocycles. The Morgan fingerprint density at radius 1 is 1.08 bits per heavy atom. The number of aliphatic carboxylic acids is 1. The Labute approximate surface area is 142 Å². The summed E-state index contributed by atoms with van der Waals surface area (Å²) in [5.74, 6) is -1.32. The number of nitrogens with one attached hydrogen (secondary N) is 1. The van der Waals surface area contributed by atoms with Gasteiger partial charge in [0.2, 0.25) is 10.0 Å². The second-order valence-corrected chi connectivity index (χ2v) is 7.54. The topological polar surface area (TPSA) is 86.3 Å². The number of carbonyl (C=O) groups is 1. The van der Waals surface area contributed by atoms with Crippen LogP contribution in [0, 0.1) is 20.8 Å². The lowest BCUT2D eigenvalue weighted by Crippen LogP contribution is -2.34. The molecule has 0 aromatic heterocycles. The van der Waals surface area contributed by atoms with Crippen LogP contribution in [0.2, 0.25) is 0 Å². The highest BCUT2D eigenvalue weighted by Gasteiger charge is 2.24. The number of carboxylic acids is 1. The van der Waals surface area contributed by atoms with Crippen molar-refractivity contribution in [1.29, 1.82) is 0 Å². The molecule has 2 aromatic rings. The van der Waals surface area contributed by atoms with E-state index in [1.165, 1.54) is 0 Å². The highest BCUT2D eigenvalue weighted by Crippen LogP contribution is 2.25. The Morgan fingerprint density at radius 2 is 1.62 bits per heavy atom.